The maximum Gasteiger partial charge on any atom is 0.335 e. The van der Waals surface area contributed by atoms with Crippen LogP contribution < -0.4 is 0 Å². The van der Waals surface area contributed by atoms with Gasteiger partial charge in [0.15, 0.2) is 0 Å². The highest BCUT2D eigenvalue weighted by molar-refractivity contribution is 5.91. The van der Waals surface area contributed by atoms with Gasteiger partial charge in [-0.1, -0.05) is 12.1 Å². The molecule has 0 fully saturated rings. The van der Waals surface area contributed by atoms with Gasteiger partial charge in [0.1, 0.15) is 5.75 Å². The molecule has 0 bridgehead atoms. The van der Waals surface area contributed by atoms with Gasteiger partial charge in [-0.25, -0.2) is 9.59 Å². The summed E-state index contributed by atoms with van der Waals surface area (Å²) in [5, 5.41) is 27.2. The number of aromatic hydroxyl groups is 1. The van der Waals surface area contributed by atoms with E-state index in [4.69, 9.17) is 10.2 Å². The van der Waals surface area contributed by atoms with Gasteiger partial charge in [0.2, 0.25) is 0 Å². The molecule has 2 rings (SSSR count). The zero-order chi connectivity index (χ0) is 14.0. The first-order valence-corrected chi connectivity index (χ1v) is 5.38. The summed E-state index contributed by atoms with van der Waals surface area (Å²) in [6, 6.07) is 9.94. The van der Waals surface area contributed by atoms with Gasteiger partial charge in [-0.15, -0.1) is 0 Å². The topological polar surface area (TPSA) is 94.8 Å². The van der Waals surface area contributed by atoms with Gasteiger partial charge in [0.25, 0.3) is 0 Å². The zero-order valence-corrected chi connectivity index (χ0v) is 9.70. The van der Waals surface area contributed by atoms with Gasteiger partial charge in [-0.05, 0) is 41.5 Å². The lowest BCUT2D eigenvalue weighted by molar-refractivity contribution is 0.0686. The van der Waals surface area contributed by atoms with Crippen molar-refractivity contribution in [3.05, 3.63) is 53.6 Å². The first-order chi connectivity index (χ1) is 8.97. The number of benzene rings is 2. The number of hydrogen-bond donors (Lipinski definition) is 3. The molecule has 0 aromatic heterocycles. The lowest BCUT2D eigenvalue weighted by Crippen LogP contribution is -1.97. The molecule has 2 aromatic rings. The highest BCUT2D eigenvalue weighted by Gasteiger charge is 2.09. The van der Waals surface area contributed by atoms with Gasteiger partial charge in [0, 0.05) is 0 Å². The summed E-state index contributed by atoms with van der Waals surface area (Å²) in [6.45, 7) is 0. The third kappa shape index (κ3) is 2.71. The number of carboxylic acids is 2. The summed E-state index contributed by atoms with van der Waals surface area (Å²) in [7, 11) is 0. The van der Waals surface area contributed by atoms with Crippen LogP contribution in [-0.2, 0) is 0 Å². The molecule has 0 atom stereocenters. The second-order valence-corrected chi connectivity index (χ2v) is 3.96. The first kappa shape index (κ1) is 12.6. The van der Waals surface area contributed by atoms with Crippen LogP contribution in [0.4, 0.5) is 0 Å². The zero-order valence-electron chi connectivity index (χ0n) is 9.70. The highest BCUT2D eigenvalue weighted by atomic mass is 16.4. The largest absolute Gasteiger partial charge is 0.508 e. The molecule has 19 heavy (non-hydrogen) atoms. The number of carbonyl (C=O) groups is 2. The molecule has 0 unspecified atom stereocenters. The smallest absolute Gasteiger partial charge is 0.335 e. The van der Waals surface area contributed by atoms with Crippen LogP contribution in [0, 0.1) is 0 Å². The lowest BCUT2D eigenvalue weighted by atomic mass is 10.0. The van der Waals surface area contributed by atoms with Crippen molar-refractivity contribution in [3.8, 4) is 16.9 Å². The second-order valence-electron chi connectivity index (χ2n) is 3.96. The molecule has 2 aromatic carbocycles. The predicted octanol–water partition coefficient (Wildman–Crippen LogP) is 2.46. The van der Waals surface area contributed by atoms with Gasteiger partial charge in [-0.3, -0.25) is 0 Å². The van der Waals surface area contributed by atoms with E-state index in [1.807, 2.05) is 0 Å². The van der Waals surface area contributed by atoms with Crippen LogP contribution in [0.2, 0.25) is 0 Å². The van der Waals surface area contributed by atoms with Crippen LogP contribution in [0.1, 0.15) is 20.7 Å². The molecular formula is C14H10O5. The number of aromatic carboxylic acids is 2. The molecule has 5 heteroatoms. The van der Waals surface area contributed by atoms with Crippen LogP contribution in [0.5, 0.6) is 5.75 Å². The molecule has 0 aliphatic heterocycles. The Bertz CT molecular complexity index is 643. The Morgan fingerprint density at radius 1 is 0.737 bits per heavy atom. The van der Waals surface area contributed by atoms with Gasteiger partial charge < -0.3 is 15.3 Å². The van der Waals surface area contributed by atoms with Gasteiger partial charge >= 0.3 is 11.9 Å². The van der Waals surface area contributed by atoms with Crippen molar-refractivity contribution < 1.29 is 24.9 Å². The minimum atomic E-state index is -1.14. The van der Waals surface area contributed by atoms with E-state index in [0.29, 0.717) is 11.1 Å². The SMILES string of the molecule is O=C(O)c1ccc(-c2cc(O)cc(C(=O)O)c2)cc1. The lowest BCUT2D eigenvalue weighted by Gasteiger charge is -2.05. The summed E-state index contributed by atoms with van der Waals surface area (Å²) >= 11 is 0. The number of phenolic OH excluding ortho intramolecular Hbond substituents is 1. The maximum absolute atomic E-state index is 10.9. The fourth-order valence-corrected chi connectivity index (χ4v) is 1.71. The summed E-state index contributed by atoms with van der Waals surface area (Å²) < 4.78 is 0. The van der Waals surface area contributed by atoms with Crippen molar-refractivity contribution in [3.63, 3.8) is 0 Å². The van der Waals surface area contributed by atoms with Crippen LogP contribution in [0.15, 0.2) is 42.5 Å². The Hall–Kier alpha value is -2.82. The molecule has 0 saturated heterocycles. The quantitative estimate of drug-likeness (QED) is 0.786. The van der Waals surface area contributed by atoms with Crippen molar-refractivity contribution in [1.29, 1.82) is 0 Å². The minimum absolute atomic E-state index is 0.0303. The van der Waals surface area contributed by atoms with E-state index in [1.165, 1.54) is 24.3 Å². The Labute approximate surface area is 108 Å². The molecule has 0 amide bonds. The van der Waals surface area contributed by atoms with Crippen molar-refractivity contribution in [2.45, 2.75) is 0 Å². The van der Waals surface area contributed by atoms with Crippen molar-refractivity contribution in [1.82, 2.24) is 0 Å². The molecule has 5 nitrogen and oxygen atoms in total. The van der Waals surface area contributed by atoms with E-state index < -0.39 is 11.9 Å². The molecule has 0 saturated carbocycles. The molecule has 3 N–H and O–H groups in total. The van der Waals surface area contributed by atoms with Crippen molar-refractivity contribution >= 4 is 11.9 Å². The summed E-state index contributed by atoms with van der Waals surface area (Å²) in [5.74, 6) is -2.33. The second kappa shape index (κ2) is 4.81. The third-order valence-corrected chi connectivity index (χ3v) is 2.63. The van der Waals surface area contributed by atoms with Crippen molar-refractivity contribution in [2.24, 2.45) is 0 Å². The molecule has 0 aliphatic rings. The molecular weight excluding hydrogens is 248 g/mol. The first-order valence-electron chi connectivity index (χ1n) is 5.38. The number of hydrogen-bond acceptors (Lipinski definition) is 3. The van der Waals surface area contributed by atoms with Crippen LogP contribution in [0.3, 0.4) is 0 Å². The van der Waals surface area contributed by atoms with Crippen LogP contribution in [-0.4, -0.2) is 27.3 Å². The molecule has 0 aliphatic carbocycles. The van der Waals surface area contributed by atoms with E-state index in [0.717, 1.165) is 6.07 Å². The Kier molecular flexibility index (Phi) is 3.20. The van der Waals surface area contributed by atoms with Crippen LogP contribution >= 0.6 is 0 Å². The minimum Gasteiger partial charge on any atom is -0.508 e. The van der Waals surface area contributed by atoms with Crippen LogP contribution in [0.25, 0.3) is 11.1 Å². The van der Waals surface area contributed by atoms with Crippen molar-refractivity contribution in [2.75, 3.05) is 0 Å². The highest BCUT2D eigenvalue weighted by Crippen LogP contribution is 2.25. The van der Waals surface area contributed by atoms with E-state index in [-0.39, 0.29) is 16.9 Å². The summed E-state index contributed by atoms with van der Waals surface area (Å²) in [6.07, 6.45) is 0. The van der Waals surface area contributed by atoms with E-state index >= 15 is 0 Å². The Balaban J connectivity index is 2.46. The Morgan fingerprint density at radius 3 is 1.84 bits per heavy atom. The monoisotopic (exact) mass is 258 g/mol. The fourth-order valence-electron chi connectivity index (χ4n) is 1.71. The molecule has 0 radical (unpaired) electrons. The average molecular weight is 258 g/mol. The van der Waals surface area contributed by atoms with E-state index in [2.05, 4.69) is 0 Å². The van der Waals surface area contributed by atoms with E-state index in [1.54, 1.807) is 12.1 Å². The third-order valence-electron chi connectivity index (χ3n) is 2.63. The Morgan fingerprint density at radius 2 is 1.32 bits per heavy atom. The average Bonchev–Trinajstić information content (AvgIpc) is 2.38. The number of phenols is 1. The standard InChI is InChI=1S/C14H10O5/c15-12-6-10(5-11(7-12)14(18)19)8-1-3-9(4-2-8)13(16)17/h1-7,15H,(H,16,17)(H,18,19). The van der Waals surface area contributed by atoms with Gasteiger partial charge in [0.05, 0.1) is 11.1 Å². The predicted molar refractivity (Wildman–Crippen MR) is 67.5 cm³/mol. The fraction of sp³-hybridized carbons (Fsp3) is 0. The number of carboxylic acid groups (broad SMARTS) is 2. The number of rotatable bonds is 3. The normalized spacial score (nSPS) is 10.1. The molecule has 0 heterocycles. The molecule has 96 valence electrons. The van der Waals surface area contributed by atoms with Gasteiger partial charge in [-0.2, -0.15) is 0 Å². The summed E-state index contributed by atoms with van der Waals surface area (Å²) in [4.78, 5) is 21.6. The summed E-state index contributed by atoms with van der Waals surface area (Å²) in [5.41, 5.74) is 1.25. The van der Waals surface area contributed by atoms with E-state index in [9.17, 15) is 14.7 Å². The maximum atomic E-state index is 10.9. The molecule has 0 spiro atoms.